The standard InChI is InChI=1S/2C16H11N2.C8H2S3.2Pt/c2*1-3-10-17-15(8-1)13-6-5-7-14(12-13)16-9-2-4-11-18-16;1-3-9-7-5(1)6-2-4-10-8(6)11-7;;/h2*1-11H;3-4H;;/q2*-1;-2;2*+2. The number of nitrogens with zero attached hydrogens (tertiary/aromatic N) is 4. The van der Waals surface area contributed by atoms with Gasteiger partial charge < -0.3 is 0 Å². The van der Waals surface area contributed by atoms with E-state index in [-0.39, 0.29) is 42.1 Å². The molecule has 0 aliphatic heterocycles. The van der Waals surface area contributed by atoms with E-state index in [1.54, 1.807) is 47.5 Å². The summed E-state index contributed by atoms with van der Waals surface area (Å²) in [5.74, 6) is 0. The second kappa shape index (κ2) is 18.1. The molecule has 9 rings (SSSR count). The number of hydrogen-bond donors (Lipinski definition) is 0. The molecule has 0 radical (unpaired) electrons. The van der Waals surface area contributed by atoms with Crippen LogP contribution in [-0.2, 0) is 42.1 Å². The molecule has 0 amide bonds. The van der Waals surface area contributed by atoms with Crippen molar-refractivity contribution in [1.29, 1.82) is 0 Å². The van der Waals surface area contributed by atoms with Gasteiger partial charge in [-0.15, -0.1) is 48.5 Å². The second-order valence-electron chi connectivity index (χ2n) is 10.0. The van der Waals surface area contributed by atoms with Crippen LogP contribution >= 0.6 is 34.0 Å². The summed E-state index contributed by atoms with van der Waals surface area (Å²) in [7, 11) is 0. The molecule has 0 aliphatic carbocycles. The van der Waals surface area contributed by atoms with Crippen molar-refractivity contribution in [2.24, 2.45) is 0 Å². The first kappa shape index (κ1) is 36.3. The van der Waals surface area contributed by atoms with E-state index in [4.69, 9.17) is 0 Å². The Hall–Kier alpha value is -3.96. The third kappa shape index (κ3) is 9.19. The van der Waals surface area contributed by atoms with Crippen molar-refractivity contribution in [1.82, 2.24) is 19.9 Å². The van der Waals surface area contributed by atoms with E-state index < -0.39 is 0 Å². The largest absolute Gasteiger partial charge is 2.00 e. The van der Waals surface area contributed by atoms with Crippen LogP contribution in [0.15, 0.2) is 145 Å². The van der Waals surface area contributed by atoms with Gasteiger partial charge in [0, 0.05) is 47.6 Å². The summed E-state index contributed by atoms with van der Waals surface area (Å²) in [6, 6.07) is 48.7. The zero-order valence-corrected chi connectivity index (χ0v) is 32.5. The Labute approximate surface area is 326 Å². The maximum atomic E-state index is 4.33. The maximum absolute atomic E-state index is 4.33. The van der Waals surface area contributed by atoms with Crippen molar-refractivity contribution in [2.45, 2.75) is 0 Å². The summed E-state index contributed by atoms with van der Waals surface area (Å²) in [5.41, 5.74) is 7.64. The van der Waals surface area contributed by atoms with E-state index in [1.807, 2.05) is 131 Å². The molecule has 0 unspecified atom stereocenters. The summed E-state index contributed by atoms with van der Waals surface area (Å²) in [6.45, 7) is 0. The quantitative estimate of drug-likeness (QED) is 0.165. The minimum atomic E-state index is 0. The third-order valence-electron chi connectivity index (χ3n) is 6.94. The van der Waals surface area contributed by atoms with Crippen molar-refractivity contribution in [2.75, 3.05) is 0 Å². The Morgan fingerprint density at radius 2 is 0.714 bits per heavy atom. The van der Waals surface area contributed by atoms with Crippen LogP contribution in [0.1, 0.15) is 0 Å². The van der Waals surface area contributed by atoms with Crippen molar-refractivity contribution < 1.29 is 42.1 Å². The van der Waals surface area contributed by atoms with Crippen molar-refractivity contribution in [3.63, 3.8) is 0 Å². The molecule has 0 N–H and O–H groups in total. The van der Waals surface area contributed by atoms with Gasteiger partial charge in [-0.2, -0.15) is 0 Å². The van der Waals surface area contributed by atoms with Gasteiger partial charge in [-0.05, 0) is 24.3 Å². The minimum Gasteiger partial charge on any atom is -0.295 e. The van der Waals surface area contributed by atoms with Crippen LogP contribution in [0.4, 0.5) is 0 Å². The molecular weight excluding hydrogens is 1020 g/mol. The molecule has 4 nitrogen and oxygen atoms in total. The molecule has 7 heterocycles. The number of fused-ring (bicyclic) bond motifs is 3. The fraction of sp³-hybridized carbons (Fsp3) is 0. The summed E-state index contributed by atoms with van der Waals surface area (Å²) in [5, 5.41) is 6.56. The molecule has 9 aromatic rings. The summed E-state index contributed by atoms with van der Waals surface area (Å²) < 4.78 is 2.76. The Kier molecular flexibility index (Phi) is 13.5. The van der Waals surface area contributed by atoms with Gasteiger partial charge in [0.05, 0.1) is 0 Å². The molecule has 49 heavy (non-hydrogen) atoms. The van der Waals surface area contributed by atoms with E-state index >= 15 is 0 Å². The van der Waals surface area contributed by atoms with Gasteiger partial charge >= 0.3 is 42.1 Å². The van der Waals surface area contributed by atoms with Crippen LogP contribution in [0.2, 0.25) is 0 Å². The fourth-order valence-electron chi connectivity index (χ4n) is 4.73. The smallest absolute Gasteiger partial charge is 0.295 e. The first-order valence-corrected chi connectivity index (χ1v) is 17.3. The van der Waals surface area contributed by atoms with Gasteiger partial charge in [-0.3, -0.25) is 42.0 Å². The molecule has 0 fully saturated rings. The molecule has 9 heteroatoms. The summed E-state index contributed by atoms with van der Waals surface area (Å²) >= 11 is 5.38. The van der Waals surface area contributed by atoms with Crippen LogP contribution in [0.25, 0.3) is 63.8 Å². The fourth-order valence-corrected chi connectivity index (χ4v) is 7.88. The molecule has 0 saturated heterocycles. The normalized spacial score (nSPS) is 10.1. The first-order chi connectivity index (χ1) is 23.3. The van der Waals surface area contributed by atoms with Gasteiger partial charge in [0.25, 0.3) is 0 Å². The van der Waals surface area contributed by atoms with E-state index in [0.717, 1.165) is 45.0 Å². The van der Waals surface area contributed by atoms with Crippen LogP contribution in [0.3, 0.4) is 0 Å². The first-order valence-electron chi connectivity index (χ1n) is 14.7. The van der Waals surface area contributed by atoms with Crippen LogP contribution in [0.5, 0.6) is 0 Å². The van der Waals surface area contributed by atoms with Gasteiger partial charge in [0.2, 0.25) is 0 Å². The van der Waals surface area contributed by atoms with Crippen molar-refractivity contribution >= 4 is 52.8 Å². The number of thiophene rings is 3. The van der Waals surface area contributed by atoms with Crippen molar-refractivity contribution in [3.8, 4) is 45.0 Å². The Balaban J connectivity index is 0.000000144. The number of hydrogen-bond acceptors (Lipinski definition) is 7. The topological polar surface area (TPSA) is 51.6 Å². The minimum absolute atomic E-state index is 0. The SMILES string of the molecule is [Pt+2].[Pt+2].[c-]1c(-c2ccccn2)cccc1-c1ccccn1.[c-]1c(-c2ccccn2)cccc1-c1ccccn1.[c-]1csc2sc3sc[c-]c3c12. The molecule has 0 saturated carbocycles. The van der Waals surface area contributed by atoms with Crippen LogP contribution in [0, 0.1) is 24.3 Å². The molecule has 242 valence electrons. The third-order valence-corrected chi connectivity index (χ3v) is 10.1. The Morgan fingerprint density at radius 1 is 0.388 bits per heavy atom. The van der Waals surface area contributed by atoms with Crippen LogP contribution < -0.4 is 0 Å². The zero-order valence-electron chi connectivity index (χ0n) is 25.5. The van der Waals surface area contributed by atoms with E-state index in [0.29, 0.717) is 0 Å². The monoisotopic (exact) mass is 1050 g/mol. The number of rotatable bonds is 4. The second-order valence-corrected chi connectivity index (χ2v) is 13.3. The van der Waals surface area contributed by atoms with E-state index in [9.17, 15) is 0 Å². The average molecular weight is 1050 g/mol. The number of benzene rings is 2. The van der Waals surface area contributed by atoms with Gasteiger partial charge in [-0.1, -0.05) is 89.6 Å². The van der Waals surface area contributed by atoms with E-state index in [2.05, 4.69) is 44.2 Å². The number of aromatic nitrogens is 4. The van der Waals surface area contributed by atoms with Gasteiger partial charge in [-0.25, -0.2) is 34.8 Å². The summed E-state index contributed by atoms with van der Waals surface area (Å²) in [6.07, 6.45) is 7.15. The maximum Gasteiger partial charge on any atom is 2.00 e. The molecule has 0 bridgehead atoms. The summed E-state index contributed by atoms with van der Waals surface area (Å²) in [4.78, 5) is 17.3. The molecule has 0 spiro atoms. The Morgan fingerprint density at radius 3 is 1.00 bits per heavy atom. The van der Waals surface area contributed by atoms with E-state index in [1.165, 1.54) is 18.8 Å². The molecule has 0 atom stereocenters. The number of pyridine rings is 4. The molecule has 7 aromatic heterocycles. The average Bonchev–Trinajstić information content (AvgIpc) is 3.90. The predicted octanol–water partition coefficient (Wildman–Crippen LogP) is 11.0. The predicted molar refractivity (Wildman–Crippen MR) is 196 cm³/mol. The Bertz CT molecular complexity index is 2040. The molecular formula is C40H24N4Pt2S3. The zero-order chi connectivity index (χ0) is 31.7. The van der Waals surface area contributed by atoms with Gasteiger partial charge in [0.1, 0.15) is 0 Å². The molecule has 2 aromatic carbocycles. The van der Waals surface area contributed by atoms with Crippen molar-refractivity contribution in [3.05, 3.63) is 169 Å². The van der Waals surface area contributed by atoms with Gasteiger partial charge in [0.15, 0.2) is 0 Å². The van der Waals surface area contributed by atoms with Crippen LogP contribution in [-0.4, -0.2) is 19.9 Å². The molecule has 0 aliphatic rings.